The van der Waals surface area contributed by atoms with E-state index in [0.717, 1.165) is 0 Å². The van der Waals surface area contributed by atoms with Gasteiger partial charge in [-0.3, -0.25) is 0 Å². The maximum atomic E-state index is 0. The molecule has 0 amide bonds. The molecule has 0 radical (unpaired) electrons. The number of rotatable bonds is 0. The minimum Gasteiger partial charge on any atom is -0.358 e. The van der Waals surface area contributed by atoms with Crippen molar-refractivity contribution >= 4 is 0 Å². The fourth-order valence-corrected chi connectivity index (χ4v) is 0. The Morgan fingerprint density at radius 3 is 0.750 bits per heavy atom. The van der Waals surface area contributed by atoms with Crippen molar-refractivity contribution in [3.63, 3.8) is 0 Å². The van der Waals surface area contributed by atoms with Gasteiger partial charge in [0.2, 0.25) is 0 Å². The molecule has 0 aromatic rings. The molecule has 0 nitrogen and oxygen atoms in total. The minimum absolute atomic E-state index is 0. The molecule has 30 valence electrons. The summed E-state index contributed by atoms with van der Waals surface area (Å²) in [5.41, 5.74) is 0. The van der Waals surface area contributed by atoms with E-state index in [1.165, 1.54) is 0 Å². The first-order valence-electron chi connectivity index (χ1n) is 0. The maximum Gasteiger partial charge on any atom is 3.00 e. The summed E-state index contributed by atoms with van der Waals surface area (Å²) in [5.74, 6) is 0. The van der Waals surface area contributed by atoms with Gasteiger partial charge in [0.15, 0.2) is 0 Å². The summed E-state index contributed by atoms with van der Waals surface area (Å²) in [4.78, 5) is 0. The van der Waals surface area contributed by atoms with Crippen molar-refractivity contribution in [2.45, 2.75) is 7.43 Å². The smallest absolute Gasteiger partial charge is 0.358 e. The van der Waals surface area contributed by atoms with Crippen LogP contribution in [0.5, 0.6) is 0 Å². The fraction of sp³-hybridized carbons (Fsp3) is 0.333. The Hall–Kier alpha value is 0.506. The van der Waals surface area contributed by atoms with E-state index in [-0.39, 0.29) is 39.1 Å². The second-order valence-electron chi connectivity index (χ2n) is 0. The van der Waals surface area contributed by atoms with E-state index in [4.69, 9.17) is 0 Å². The summed E-state index contributed by atoms with van der Waals surface area (Å²) in [6.07, 6.45) is 0. The Labute approximate surface area is 39.8 Å². The van der Waals surface area contributed by atoms with E-state index in [1.54, 1.807) is 0 Å². The van der Waals surface area contributed by atoms with Gasteiger partial charge >= 0.3 is 16.8 Å². The van der Waals surface area contributed by atoms with E-state index in [1.807, 2.05) is 0 Å². The molecule has 0 N–H and O–H groups in total. The molecule has 0 atom stereocenters. The maximum absolute atomic E-state index is 0. The largest absolute Gasteiger partial charge is 3.00 e. The molecule has 0 saturated heterocycles. The molecular formula is C3H10Co+. The Bertz CT molecular complexity index is 3.25. The molecule has 0 fully saturated rings. The summed E-state index contributed by atoms with van der Waals surface area (Å²) in [6, 6.07) is 0. The van der Waals surface area contributed by atoms with Crippen LogP contribution in [-0.2, 0) is 16.8 Å². The van der Waals surface area contributed by atoms with E-state index < -0.39 is 0 Å². The number of hydrogen-bond acceptors (Lipinski definition) is 0. The average Bonchev–Trinajstić information content (AvgIpc) is 0. The van der Waals surface area contributed by atoms with Gasteiger partial charge in [-0.05, 0) is 0 Å². The third-order valence-electron chi connectivity index (χ3n) is 0. The molecule has 0 aromatic heterocycles. The van der Waals surface area contributed by atoms with Gasteiger partial charge in [-0.25, -0.2) is 0 Å². The van der Waals surface area contributed by atoms with Gasteiger partial charge in [-0.1, -0.05) is 7.43 Å². The van der Waals surface area contributed by atoms with Crippen LogP contribution < -0.4 is 0 Å². The molecule has 0 bridgehead atoms. The van der Waals surface area contributed by atoms with Gasteiger partial charge < -0.3 is 14.9 Å². The van der Waals surface area contributed by atoms with Crippen LogP contribution in [0, 0.1) is 14.9 Å². The van der Waals surface area contributed by atoms with E-state index in [9.17, 15) is 0 Å². The predicted molar refractivity (Wildman–Crippen MR) is 19.6 cm³/mol. The van der Waals surface area contributed by atoms with Crippen molar-refractivity contribution in [1.82, 2.24) is 0 Å². The molecule has 0 unspecified atom stereocenters. The van der Waals surface area contributed by atoms with Gasteiger partial charge in [0.05, 0.1) is 0 Å². The van der Waals surface area contributed by atoms with Crippen LogP contribution in [0.15, 0.2) is 0 Å². The summed E-state index contributed by atoms with van der Waals surface area (Å²) in [5, 5.41) is 0. The normalized spacial score (nSPS) is 0. The first kappa shape index (κ1) is 216. The van der Waals surface area contributed by atoms with Crippen LogP contribution in [0.1, 0.15) is 7.43 Å². The van der Waals surface area contributed by atoms with E-state index in [2.05, 4.69) is 0 Å². The number of hydrogen-bond donors (Lipinski definition) is 0. The van der Waals surface area contributed by atoms with Gasteiger partial charge in [-0.2, -0.15) is 0 Å². The summed E-state index contributed by atoms with van der Waals surface area (Å²) in [6.45, 7) is 0. The monoisotopic (exact) mass is 105 g/mol. The molecule has 4 heavy (non-hydrogen) atoms. The molecule has 0 aliphatic carbocycles. The summed E-state index contributed by atoms with van der Waals surface area (Å²) in [7, 11) is 0. The topological polar surface area (TPSA) is 0 Å². The summed E-state index contributed by atoms with van der Waals surface area (Å²) >= 11 is 0. The van der Waals surface area contributed by atoms with Crippen LogP contribution in [-0.4, -0.2) is 0 Å². The molecule has 0 rings (SSSR count). The molecule has 0 heterocycles. The van der Waals surface area contributed by atoms with Gasteiger partial charge in [0.1, 0.15) is 0 Å². The Balaban J connectivity index is 0. The quantitative estimate of drug-likeness (QED) is 0.410. The van der Waals surface area contributed by atoms with Gasteiger partial charge in [0.25, 0.3) is 0 Å². The van der Waals surface area contributed by atoms with Crippen molar-refractivity contribution in [2.75, 3.05) is 0 Å². The summed E-state index contributed by atoms with van der Waals surface area (Å²) < 4.78 is 0. The van der Waals surface area contributed by atoms with Crippen LogP contribution in [0.3, 0.4) is 0 Å². The Morgan fingerprint density at radius 2 is 0.750 bits per heavy atom. The second-order valence-corrected chi connectivity index (χ2v) is 0. The molecule has 0 saturated carbocycles. The Morgan fingerprint density at radius 1 is 0.750 bits per heavy atom. The fourth-order valence-electron chi connectivity index (χ4n) is 0. The van der Waals surface area contributed by atoms with E-state index in [0.29, 0.717) is 0 Å². The molecule has 0 aliphatic heterocycles. The average molecular weight is 105 g/mol. The second kappa shape index (κ2) is 85.9. The SMILES string of the molecule is C.[CH3-].[CH3-].[Co+3]. The molecule has 1 heteroatoms. The zero-order valence-electron chi connectivity index (χ0n) is 2.33. The van der Waals surface area contributed by atoms with Crippen molar-refractivity contribution in [1.29, 1.82) is 0 Å². The van der Waals surface area contributed by atoms with Crippen molar-refractivity contribution < 1.29 is 16.8 Å². The van der Waals surface area contributed by atoms with Crippen molar-refractivity contribution in [3.05, 3.63) is 14.9 Å². The Kier molecular flexibility index (Phi) is 4640. The first-order chi connectivity index (χ1) is 0. The van der Waals surface area contributed by atoms with Crippen molar-refractivity contribution in [3.8, 4) is 0 Å². The first-order valence-corrected chi connectivity index (χ1v) is 0. The van der Waals surface area contributed by atoms with Gasteiger partial charge in [-0.15, -0.1) is 0 Å². The molecule has 0 aliphatic rings. The van der Waals surface area contributed by atoms with Crippen molar-refractivity contribution in [2.24, 2.45) is 0 Å². The standard InChI is InChI=1S/CH4.2CH3.Co/h1H4;2*1H3;/q;2*-1;+3. The zero-order chi connectivity index (χ0) is 0. The molecule has 0 aromatic carbocycles. The van der Waals surface area contributed by atoms with Crippen LogP contribution >= 0.6 is 0 Å². The predicted octanol–water partition coefficient (Wildman–Crippen LogP) is 1.53. The third kappa shape index (κ3) is 22.2. The molecule has 0 spiro atoms. The zero-order valence-corrected chi connectivity index (χ0v) is 3.37. The van der Waals surface area contributed by atoms with Crippen LogP contribution in [0.4, 0.5) is 0 Å². The molecular weight excluding hydrogens is 95.0 g/mol. The third-order valence-corrected chi connectivity index (χ3v) is 0. The van der Waals surface area contributed by atoms with Gasteiger partial charge in [0, 0.05) is 0 Å². The minimum atomic E-state index is 0. The van der Waals surface area contributed by atoms with Crippen LogP contribution in [0.2, 0.25) is 0 Å². The van der Waals surface area contributed by atoms with Crippen LogP contribution in [0.25, 0.3) is 0 Å². The van der Waals surface area contributed by atoms with E-state index >= 15 is 0 Å².